The molecule has 1 saturated heterocycles. The molecule has 2 saturated carbocycles. The maximum atomic E-state index is 11.4. The van der Waals surface area contributed by atoms with Gasteiger partial charge in [-0.1, -0.05) is 45.8 Å². The van der Waals surface area contributed by atoms with Crippen molar-refractivity contribution in [2.75, 3.05) is 34.4 Å². The van der Waals surface area contributed by atoms with Crippen LogP contribution >= 0.6 is 0 Å². The van der Waals surface area contributed by atoms with E-state index in [9.17, 15) is 4.79 Å². The van der Waals surface area contributed by atoms with Crippen molar-refractivity contribution < 1.29 is 23.4 Å². The third kappa shape index (κ3) is 8.15. The van der Waals surface area contributed by atoms with Crippen LogP contribution in [0.2, 0.25) is 18.1 Å². The number of ether oxygens (including phenoxy) is 3. The maximum absolute atomic E-state index is 11.4. The molecule has 3 rings (SSSR count). The van der Waals surface area contributed by atoms with E-state index in [0.717, 1.165) is 57.5 Å². The van der Waals surface area contributed by atoms with E-state index in [1.54, 1.807) is 14.2 Å². The Balaban J connectivity index is 1.60. The highest BCUT2D eigenvalue weighted by Crippen LogP contribution is 2.60. The van der Waals surface area contributed by atoms with Gasteiger partial charge in [-0.3, -0.25) is 9.69 Å². The van der Waals surface area contributed by atoms with Crippen molar-refractivity contribution in [3.8, 4) is 0 Å². The number of unbranched alkanes of at least 4 members (excludes halogenated alkanes) is 1. The number of likely N-dealkylation sites (tertiary alicyclic amines) is 1. The molecule has 3 fully saturated rings. The Bertz CT molecular complexity index is 780. The van der Waals surface area contributed by atoms with Crippen molar-refractivity contribution in [1.82, 2.24) is 4.90 Å². The molecule has 2 unspecified atom stereocenters. The van der Waals surface area contributed by atoms with Gasteiger partial charge >= 0.3 is 5.97 Å². The Morgan fingerprint density at radius 2 is 1.74 bits per heavy atom. The fourth-order valence-corrected chi connectivity index (χ4v) is 7.52. The minimum atomic E-state index is -1.83. The molecule has 0 spiro atoms. The lowest BCUT2D eigenvalue weighted by Gasteiger charge is -2.42. The van der Waals surface area contributed by atoms with Crippen molar-refractivity contribution in [2.24, 2.45) is 11.3 Å². The van der Waals surface area contributed by atoms with Crippen molar-refractivity contribution in [2.45, 2.75) is 134 Å². The average Bonchev–Trinajstić information content (AvgIpc) is 3.81. The third-order valence-corrected chi connectivity index (χ3v) is 14.5. The molecule has 0 bridgehead atoms. The normalized spacial score (nSPS) is 24.2. The summed E-state index contributed by atoms with van der Waals surface area (Å²) in [6.45, 7) is 14.0. The van der Waals surface area contributed by atoms with Crippen molar-refractivity contribution in [3.63, 3.8) is 0 Å². The zero-order valence-corrected chi connectivity index (χ0v) is 26.8. The van der Waals surface area contributed by atoms with Crippen LogP contribution < -0.4 is 0 Å². The van der Waals surface area contributed by atoms with Crippen LogP contribution in [0.15, 0.2) is 12.2 Å². The van der Waals surface area contributed by atoms with Gasteiger partial charge in [0.2, 0.25) is 0 Å². The van der Waals surface area contributed by atoms with Crippen LogP contribution in [0.25, 0.3) is 0 Å². The van der Waals surface area contributed by atoms with Gasteiger partial charge < -0.3 is 18.6 Å². The highest BCUT2D eigenvalue weighted by Gasteiger charge is 2.54. The summed E-state index contributed by atoms with van der Waals surface area (Å²) < 4.78 is 23.9. The fraction of sp³-hybridized carbons (Fsp3) is 0.903. The number of carbonyl (C=O) groups is 1. The summed E-state index contributed by atoms with van der Waals surface area (Å²) >= 11 is 0. The second kappa shape index (κ2) is 13.3. The first-order valence-electron chi connectivity index (χ1n) is 15.2. The molecule has 0 radical (unpaired) electrons. The maximum Gasteiger partial charge on any atom is 0.305 e. The molecule has 3 aliphatic rings. The Kier molecular flexibility index (Phi) is 11.1. The molecule has 0 amide bonds. The molecule has 0 aromatic carbocycles. The Morgan fingerprint density at radius 1 is 1.05 bits per heavy atom. The topological polar surface area (TPSA) is 57.2 Å². The number of carbonyl (C=O) groups excluding carboxylic acids is 1. The fourth-order valence-electron chi connectivity index (χ4n) is 6.08. The number of nitrogens with zero attached hydrogens (tertiary/aromatic N) is 1. The lowest BCUT2D eigenvalue weighted by molar-refractivity contribution is -0.218. The number of allylic oxidation sites excluding steroid dienone is 1. The van der Waals surface area contributed by atoms with E-state index in [4.69, 9.17) is 18.6 Å². The van der Waals surface area contributed by atoms with Crippen LogP contribution in [-0.4, -0.2) is 71.5 Å². The number of hydrogen-bond acceptors (Lipinski definition) is 6. The van der Waals surface area contributed by atoms with E-state index in [-0.39, 0.29) is 17.0 Å². The lowest BCUT2D eigenvalue weighted by atomic mass is 9.89. The SMILES string of the molecule is COC(=O)CCC/C=C\CC1N(CCCC(O[Si](C)(C)C(C)(C)C)C2(CC3CC3)CC2)CCC1(OC)OC. The van der Waals surface area contributed by atoms with Gasteiger partial charge in [0.1, 0.15) is 0 Å². The van der Waals surface area contributed by atoms with Gasteiger partial charge in [0.15, 0.2) is 14.1 Å². The van der Waals surface area contributed by atoms with Crippen LogP contribution in [0.1, 0.15) is 97.8 Å². The summed E-state index contributed by atoms with van der Waals surface area (Å²) in [4.78, 5) is 13.9. The van der Waals surface area contributed by atoms with E-state index in [1.807, 2.05) is 0 Å². The summed E-state index contributed by atoms with van der Waals surface area (Å²) in [5, 5.41) is 0.237. The molecule has 0 aromatic heterocycles. The molecule has 1 heterocycles. The number of hydrogen-bond donors (Lipinski definition) is 0. The molecule has 2 aliphatic carbocycles. The monoisotopic (exact) mass is 551 g/mol. The second-order valence-corrected chi connectivity index (χ2v) is 18.5. The molecule has 220 valence electrons. The van der Waals surface area contributed by atoms with Crippen LogP contribution in [-0.2, 0) is 23.4 Å². The van der Waals surface area contributed by atoms with E-state index in [0.29, 0.717) is 17.9 Å². The third-order valence-electron chi connectivity index (χ3n) is 10.0. The average molecular weight is 552 g/mol. The summed E-state index contributed by atoms with van der Waals surface area (Å²) in [7, 11) is 3.17. The molecule has 2 atom stereocenters. The molecule has 1 aliphatic heterocycles. The molecule has 38 heavy (non-hydrogen) atoms. The van der Waals surface area contributed by atoms with Gasteiger partial charge in [-0.25, -0.2) is 0 Å². The predicted molar refractivity (Wildman–Crippen MR) is 157 cm³/mol. The van der Waals surface area contributed by atoms with E-state index < -0.39 is 14.1 Å². The summed E-state index contributed by atoms with van der Waals surface area (Å²) in [6.07, 6.45) is 18.0. The van der Waals surface area contributed by atoms with Crippen molar-refractivity contribution in [1.29, 1.82) is 0 Å². The zero-order valence-electron chi connectivity index (χ0n) is 25.8. The first-order valence-corrected chi connectivity index (χ1v) is 18.1. The molecular formula is C31H57NO5Si. The largest absolute Gasteiger partial charge is 0.469 e. The quantitative estimate of drug-likeness (QED) is 0.0632. The Morgan fingerprint density at radius 3 is 2.29 bits per heavy atom. The number of methoxy groups -OCH3 is 3. The molecule has 0 N–H and O–H groups in total. The van der Waals surface area contributed by atoms with Gasteiger partial charge in [0.25, 0.3) is 0 Å². The standard InChI is InChI=1S/C31H57NO5Si/c1-29(2,3)38(7,8)37-27(30(19-20-30)24-25-17-18-25)15-13-22-32-23-21-31(35-5,36-6)26(32)14-11-9-10-12-16-28(33)34-4/h9,11,25-27H,10,12-24H2,1-8H3/b11-9-. The van der Waals surface area contributed by atoms with Gasteiger partial charge in [-0.15, -0.1) is 0 Å². The molecule has 0 aromatic rings. The number of rotatable bonds is 17. The van der Waals surface area contributed by atoms with Gasteiger partial charge in [0.05, 0.1) is 19.3 Å². The summed E-state index contributed by atoms with van der Waals surface area (Å²) in [5.74, 6) is 0.255. The Labute approximate surface area is 234 Å². The highest BCUT2D eigenvalue weighted by atomic mass is 28.4. The van der Waals surface area contributed by atoms with Gasteiger partial charge in [0, 0.05) is 33.6 Å². The van der Waals surface area contributed by atoms with Crippen molar-refractivity contribution in [3.05, 3.63) is 12.2 Å². The zero-order chi connectivity index (χ0) is 28.0. The van der Waals surface area contributed by atoms with Crippen LogP contribution in [0.5, 0.6) is 0 Å². The highest BCUT2D eigenvalue weighted by molar-refractivity contribution is 6.74. The first-order chi connectivity index (χ1) is 17.9. The van der Waals surface area contributed by atoms with E-state index in [1.165, 1.54) is 39.2 Å². The van der Waals surface area contributed by atoms with Crippen LogP contribution in [0.4, 0.5) is 0 Å². The van der Waals surface area contributed by atoms with Gasteiger partial charge in [-0.2, -0.15) is 0 Å². The van der Waals surface area contributed by atoms with Gasteiger partial charge in [-0.05, 0) is 87.4 Å². The Hall–Kier alpha value is -0.733. The molecular weight excluding hydrogens is 494 g/mol. The molecule has 7 heteroatoms. The minimum absolute atomic E-state index is 0.140. The second-order valence-electron chi connectivity index (χ2n) is 13.7. The smallest absolute Gasteiger partial charge is 0.305 e. The lowest BCUT2D eigenvalue weighted by Crippen LogP contribution is -2.48. The minimum Gasteiger partial charge on any atom is -0.469 e. The van der Waals surface area contributed by atoms with E-state index in [2.05, 4.69) is 50.9 Å². The van der Waals surface area contributed by atoms with Crippen LogP contribution in [0.3, 0.4) is 0 Å². The van der Waals surface area contributed by atoms with Crippen LogP contribution in [0, 0.1) is 11.3 Å². The summed E-state index contributed by atoms with van der Waals surface area (Å²) in [6, 6.07) is 0.190. The number of esters is 1. The predicted octanol–water partition coefficient (Wildman–Crippen LogP) is 7.09. The summed E-state index contributed by atoms with van der Waals surface area (Å²) in [5.41, 5.74) is 0.441. The van der Waals surface area contributed by atoms with E-state index >= 15 is 0 Å². The van der Waals surface area contributed by atoms with Crippen molar-refractivity contribution >= 4 is 14.3 Å². The first kappa shape index (κ1) is 31.8. The molecule has 6 nitrogen and oxygen atoms in total.